The summed E-state index contributed by atoms with van der Waals surface area (Å²) >= 11 is 0. The molecule has 1 aliphatic heterocycles. The molecule has 1 saturated carbocycles. The van der Waals surface area contributed by atoms with Crippen molar-refractivity contribution >= 4 is 40.3 Å². The van der Waals surface area contributed by atoms with Crippen molar-refractivity contribution in [1.82, 2.24) is 10.3 Å². The first-order valence-electron chi connectivity index (χ1n) is 10.7. The standard InChI is InChI=1S/C24H24N4O4/c1-32-21-12-16(28-10-2-3-22(28)29)7-9-19(21)25-13-18-17-8-4-14(11-20(17)27-24(18)31)23(30)26-15-5-6-15/h4,7-9,11-13,15,27,31H,2-3,5-6,10H2,1H3,(H,26,30). The molecular weight excluding hydrogens is 408 g/mol. The van der Waals surface area contributed by atoms with E-state index < -0.39 is 0 Å². The number of methoxy groups -OCH3 is 1. The number of fused-ring (bicyclic) bond motifs is 1. The fourth-order valence-electron chi connectivity index (χ4n) is 3.97. The first kappa shape index (κ1) is 20.1. The molecule has 0 unspecified atom stereocenters. The quantitative estimate of drug-likeness (QED) is 0.517. The summed E-state index contributed by atoms with van der Waals surface area (Å²) in [6, 6.07) is 11.0. The summed E-state index contributed by atoms with van der Waals surface area (Å²) in [5.74, 6) is 0.510. The first-order chi connectivity index (χ1) is 15.5. The van der Waals surface area contributed by atoms with Crippen LogP contribution in [0.4, 0.5) is 11.4 Å². The maximum absolute atomic E-state index is 12.3. The Hall–Kier alpha value is -3.81. The van der Waals surface area contributed by atoms with E-state index >= 15 is 0 Å². The topological polar surface area (TPSA) is 107 Å². The summed E-state index contributed by atoms with van der Waals surface area (Å²) in [7, 11) is 1.56. The van der Waals surface area contributed by atoms with Crippen molar-refractivity contribution in [2.75, 3.05) is 18.6 Å². The van der Waals surface area contributed by atoms with Gasteiger partial charge in [0, 0.05) is 53.4 Å². The molecule has 0 radical (unpaired) electrons. The lowest BCUT2D eigenvalue weighted by atomic mass is 10.1. The van der Waals surface area contributed by atoms with Gasteiger partial charge in [0.1, 0.15) is 11.4 Å². The number of carbonyl (C=O) groups is 2. The minimum absolute atomic E-state index is 0.0262. The number of carbonyl (C=O) groups excluding carboxylic acids is 2. The van der Waals surface area contributed by atoms with Gasteiger partial charge in [-0.1, -0.05) is 6.07 Å². The number of aliphatic imine (C=N–C) groups is 1. The molecule has 0 atom stereocenters. The van der Waals surface area contributed by atoms with Gasteiger partial charge in [0.05, 0.1) is 12.7 Å². The molecule has 8 nitrogen and oxygen atoms in total. The zero-order valence-electron chi connectivity index (χ0n) is 17.7. The van der Waals surface area contributed by atoms with E-state index in [1.807, 2.05) is 6.07 Å². The van der Waals surface area contributed by atoms with Gasteiger partial charge in [-0.05, 0) is 43.5 Å². The third kappa shape index (κ3) is 3.79. The fourth-order valence-corrected chi connectivity index (χ4v) is 3.97. The van der Waals surface area contributed by atoms with Crippen LogP contribution in [0.15, 0.2) is 41.4 Å². The van der Waals surface area contributed by atoms with Gasteiger partial charge in [-0.3, -0.25) is 14.6 Å². The van der Waals surface area contributed by atoms with Crippen LogP contribution in [0, 0.1) is 0 Å². The molecule has 3 aromatic rings. The maximum Gasteiger partial charge on any atom is 0.251 e. The van der Waals surface area contributed by atoms with Gasteiger partial charge in [0.25, 0.3) is 5.91 Å². The second-order valence-corrected chi connectivity index (χ2v) is 8.16. The average molecular weight is 432 g/mol. The van der Waals surface area contributed by atoms with Crippen LogP contribution in [0.2, 0.25) is 0 Å². The van der Waals surface area contributed by atoms with Crippen LogP contribution in [0.1, 0.15) is 41.6 Å². The van der Waals surface area contributed by atoms with Crippen molar-refractivity contribution < 1.29 is 19.4 Å². The van der Waals surface area contributed by atoms with E-state index in [-0.39, 0.29) is 23.7 Å². The number of hydrogen-bond acceptors (Lipinski definition) is 5. The minimum atomic E-state index is -0.111. The highest BCUT2D eigenvalue weighted by Crippen LogP contribution is 2.34. The van der Waals surface area contributed by atoms with Crippen molar-refractivity contribution in [3.63, 3.8) is 0 Å². The Morgan fingerprint density at radius 3 is 2.84 bits per heavy atom. The number of H-pyrrole nitrogens is 1. The van der Waals surface area contributed by atoms with Crippen LogP contribution < -0.4 is 15.0 Å². The van der Waals surface area contributed by atoms with Crippen molar-refractivity contribution in [1.29, 1.82) is 0 Å². The molecule has 32 heavy (non-hydrogen) atoms. The highest BCUT2D eigenvalue weighted by atomic mass is 16.5. The summed E-state index contributed by atoms with van der Waals surface area (Å²) in [5.41, 5.74) is 3.09. The van der Waals surface area contributed by atoms with Crippen LogP contribution >= 0.6 is 0 Å². The lowest BCUT2D eigenvalue weighted by Gasteiger charge is -2.17. The number of aromatic hydroxyl groups is 1. The molecule has 0 bridgehead atoms. The van der Waals surface area contributed by atoms with E-state index in [4.69, 9.17) is 4.74 Å². The van der Waals surface area contributed by atoms with E-state index in [0.29, 0.717) is 41.0 Å². The highest BCUT2D eigenvalue weighted by molar-refractivity contribution is 6.05. The van der Waals surface area contributed by atoms with Crippen molar-refractivity contribution in [3.8, 4) is 11.6 Å². The minimum Gasteiger partial charge on any atom is -0.494 e. The Labute approximate surface area is 184 Å². The summed E-state index contributed by atoms with van der Waals surface area (Å²) in [6.07, 6.45) is 5.03. The third-order valence-electron chi connectivity index (χ3n) is 5.87. The van der Waals surface area contributed by atoms with Crippen LogP contribution in [0.5, 0.6) is 11.6 Å². The number of benzene rings is 2. The lowest BCUT2D eigenvalue weighted by Crippen LogP contribution is -2.25. The summed E-state index contributed by atoms with van der Waals surface area (Å²) in [4.78, 5) is 33.5. The van der Waals surface area contributed by atoms with Crippen LogP contribution in [-0.2, 0) is 4.79 Å². The Morgan fingerprint density at radius 1 is 1.28 bits per heavy atom. The van der Waals surface area contributed by atoms with Gasteiger partial charge in [0.15, 0.2) is 5.88 Å². The average Bonchev–Trinajstić information content (AvgIpc) is 3.41. The predicted octanol–water partition coefficient (Wildman–Crippen LogP) is 3.65. The van der Waals surface area contributed by atoms with Gasteiger partial charge in [0.2, 0.25) is 5.91 Å². The summed E-state index contributed by atoms with van der Waals surface area (Å²) in [5, 5.41) is 14.1. The van der Waals surface area contributed by atoms with Crippen molar-refractivity contribution in [3.05, 3.63) is 47.5 Å². The Balaban J connectivity index is 1.42. The number of nitrogens with zero attached hydrogens (tertiary/aromatic N) is 2. The van der Waals surface area contributed by atoms with E-state index in [1.54, 1.807) is 48.6 Å². The van der Waals surface area contributed by atoms with Gasteiger partial charge in [-0.25, -0.2) is 0 Å². The number of rotatable bonds is 6. The fraction of sp³-hybridized carbons (Fsp3) is 0.292. The van der Waals surface area contributed by atoms with Gasteiger partial charge in [-0.15, -0.1) is 0 Å². The molecule has 0 spiro atoms. The van der Waals surface area contributed by atoms with Crippen LogP contribution in [-0.4, -0.2) is 47.8 Å². The first-order valence-corrected chi connectivity index (χ1v) is 10.7. The van der Waals surface area contributed by atoms with E-state index in [1.165, 1.54) is 0 Å². The molecule has 1 aromatic heterocycles. The number of amides is 2. The summed E-state index contributed by atoms with van der Waals surface area (Å²) < 4.78 is 5.48. The van der Waals surface area contributed by atoms with Crippen LogP contribution in [0.3, 0.4) is 0 Å². The molecule has 2 amide bonds. The molecular formula is C24H24N4O4. The molecule has 2 heterocycles. The summed E-state index contributed by atoms with van der Waals surface area (Å²) in [6.45, 7) is 0.703. The van der Waals surface area contributed by atoms with Gasteiger partial charge >= 0.3 is 0 Å². The third-order valence-corrected chi connectivity index (χ3v) is 5.87. The molecule has 2 fully saturated rings. The molecule has 8 heteroatoms. The second kappa shape index (κ2) is 8.03. The van der Waals surface area contributed by atoms with E-state index in [9.17, 15) is 14.7 Å². The van der Waals surface area contributed by atoms with Gasteiger partial charge < -0.3 is 25.0 Å². The largest absolute Gasteiger partial charge is 0.494 e. The molecule has 2 aromatic carbocycles. The van der Waals surface area contributed by atoms with Gasteiger partial charge in [-0.2, -0.15) is 0 Å². The van der Waals surface area contributed by atoms with Crippen LogP contribution in [0.25, 0.3) is 10.9 Å². The maximum atomic E-state index is 12.3. The zero-order chi connectivity index (χ0) is 22.2. The highest BCUT2D eigenvalue weighted by Gasteiger charge is 2.24. The molecule has 1 saturated heterocycles. The predicted molar refractivity (Wildman–Crippen MR) is 122 cm³/mol. The van der Waals surface area contributed by atoms with Crippen molar-refractivity contribution in [2.45, 2.75) is 31.7 Å². The molecule has 164 valence electrons. The monoisotopic (exact) mass is 432 g/mol. The molecule has 5 rings (SSSR count). The Bertz CT molecular complexity index is 1240. The number of hydrogen-bond donors (Lipinski definition) is 3. The SMILES string of the molecule is COc1cc(N2CCCC2=O)ccc1N=Cc1c(O)[nH]c2cc(C(=O)NC3CC3)ccc12. The molecule has 3 N–H and O–H groups in total. The van der Waals surface area contributed by atoms with E-state index in [0.717, 1.165) is 30.3 Å². The van der Waals surface area contributed by atoms with Crippen molar-refractivity contribution in [2.24, 2.45) is 4.99 Å². The number of aromatic nitrogens is 1. The van der Waals surface area contributed by atoms with E-state index in [2.05, 4.69) is 15.3 Å². The Kier molecular flexibility index (Phi) is 5.05. The number of aromatic amines is 1. The lowest BCUT2D eigenvalue weighted by molar-refractivity contribution is -0.117. The number of ether oxygens (including phenoxy) is 1. The zero-order valence-corrected chi connectivity index (χ0v) is 17.7. The smallest absolute Gasteiger partial charge is 0.251 e. The molecule has 1 aliphatic carbocycles. The number of anilines is 1. The molecule has 2 aliphatic rings. The number of nitrogens with one attached hydrogen (secondary N) is 2. The second-order valence-electron chi connectivity index (χ2n) is 8.16. The normalized spacial score (nSPS) is 16.3. The Morgan fingerprint density at radius 2 is 2.12 bits per heavy atom.